The molecule has 0 unspecified atom stereocenters. The number of rotatable bonds is 11. The van der Waals surface area contributed by atoms with Crippen LogP contribution in [0, 0.1) is 13.8 Å². The van der Waals surface area contributed by atoms with E-state index in [1.807, 2.05) is 68.4 Å². The number of hydrogen-bond donors (Lipinski definition) is 1. The van der Waals surface area contributed by atoms with Crippen molar-refractivity contribution in [3.05, 3.63) is 100 Å². The molecule has 4 rings (SSSR count). The highest BCUT2D eigenvalue weighted by Gasteiger charge is 2.34. The van der Waals surface area contributed by atoms with Crippen molar-refractivity contribution >= 4 is 39.1 Å². The molecule has 3 aromatic rings. The zero-order chi connectivity index (χ0) is 29.6. The van der Waals surface area contributed by atoms with Crippen LogP contribution in [0.1, 0.15) is 47.9 Å². The van der Waals surface area contributed by atoms with Gasteiger partial charge in [-0.3, -0.25) is 13.9 Å². The number of nitrogens with zero attached hydrogens (tertiary/aromatic N) is 2. The van der Waals surface area contributed by atoms with Crippen LogP contribution in [-0.4, -0.2) is 50.0 Å². The fraction of sp³-hybridized carbons (Fsp3) is 0.375. The van der Waals surface area contributed by atoms with Gasteiger partial charge in [-0.2, -0.15) is 0 Å². The van der Waals surface area contributed by atoms with Crippen molar-refractivity contribution < 1.29 is 18.0 Å². The first kappa shape index (κ1) is 30.6. The first-order valence-corrected chi connectivity index (χ1v) is 16.2. The SMILES string of the molecule is Cc1ccc(C)c(N(CC(=O)N(Cc2ccc(Cl)cc2)[C@H](Cc2ccccc2)C(=O)NC2CCCC2)S(C)(=O)=O)c1. The number of carbonyl (C=O) groups is 2. The van der Waals surface area contributed by atoms with E-state index in [2.05, 4.69) is 5.32 Å². The zero-order valence-corrected chi connectivity index (χ0v) is 25.4. The van der Waals surface area contributed by atoms with Crippen molar-refractivity contribution in [1.29, 1.82) is 0 Å². The van der Waals surface area contributed by atoms with Gasteiger partial charge in [0.05, 0.1) is 11.9 Å². The lowest BCUT2D eigenvalue weighted by atomic mass is 10.0. The quantitative estimate of drug-likeness (QED) is 0.321. The van der Waals surface area contributed by atoms with Crippen LogP contribution >= 0.6 is 11.6 Å². The molecule has 7 nitrogen and oxygen atoms in total. The standard InChI is InChI=1S/C32H38ClN3O4S/c1-23-13-14-24(2)29(19-23)36(41(3,39)40)22-31(37)35(21-26-15-17-27(33)18-16-26)30(20-25-9-5-4-6-10-25)32(38)34-28-11-7-8-12-28/h4-6,9-10,13-19,28,30H,7-8,11-12,20-22H2,1-3H3,(H,34,38)/t30-/m1/s1. The molecule has 0 bridgehead atoms. The summed E-state index contributed by atoms with van der Waals surface area (Å²) in [5.41, 5.74) is 3.75. The molecule has 9 heteroatoms. The maximum absolute atomic E-state index is 14.2. The summed E-state index contributed by atoms with van der Waals surface area (Å²) >= 11 is 6.12. The van der Waals surface area contributed by atoms with Crippen molar-refractivity contribution in [2.24, 2.45) is 0 Å². The van der Waals surface area contributed by atoms with E-state index < -0.39 is 28.5 Å². The van der Waals surface area contributed by atoms with Crippen LogP contribution in [-0.2, 0) is 32.6 Å². The lowest BCUT2D eigenvalue weighted by molar-refractivity contribution is -0.140. The van der Waals surface area contributed by atoms with E-state index in [1.165, 1.54) is 4.90 Å². The number of aryl methyl sites for hydroxylation is 2. The van der Waals surface area contributed by atoms with Gasteiger partial charge in [-0.1, -0.05) is 79.0 Å². The van der Waals surface area contributed by atoms with E-state index in [-0.39, 0.29) is 18.5 Å². The molecule has 3 aromatic carbocycles. The fourth-order valence-corrected chi connectivity index (χ4v) is 6.32. The molecule has 1 aliphatic carbocycles. The van der Waals surface area contributed by atoms with Gasteiger partial charge >= 0.3 is 0 Å². The molecule has 0 aromatic heterocycles. The third-order valence-electron chi connectivity index (χ3n) is 7.55. The summed E-state index contributed by atoms with van der Waals surface area (Å²) in [5.74, 6) is -0.700. The second kappa shape index (κ2) is 13.5. The Morgan fingerprint density at radius 1 is 0.951 bits per heavy atom. The Labute approximate surface area is 248 Å². The number of nitrogens with one attached hydrogen (secondary N) is 1. The third kappa shape index (κ3) is 8.33. The number of hydrogen-bond acceptors (Lipinski definition) is 4. The van der Waals surface area contributed by atoms with Crippen LogP contribution in [0.4, 0.5) is 5.69 Å². The number of anilines is 1. The molecule has 41 heavy (non-hydrogen) atoms. The summed E-state index contributed by atoms with van der Waals surface area (Å²) in [6.07, 6.45) is 5.31. The van der Waals surface area contributed by atoms with Gasteiger partial charge in [0.25, 0.3) is 0 Å². The molecule has 0 spiro atoms. The maximum atomic E-state index is 14.2. The predicted octanol–water partition coefficient (Wildman–Crippen LogP) is 5.42. The monoisotopic (exact) mass is 595 g/mol. The topological polar surface area (TPSA) is 86.8 Å². The van der Waals surface area contributed by atoms with E-state index in [1.54, 1.807) is 18.2 Å². The largest absolute Gasteiger partial charge is 0.352 e. The molecule has 1 atom stereocenters. The van der Waals surface area contributed by atoms with Gasteiger partial charge in [0, 0.05) is 24.0 Å². The van der Waals surface area contributed by atoms with E-state index in [0.29, 0.717) is 17.1 Å². The molecule has 0 saturated heterocycles. The molecule has 1 fully saturated rings. The molecular weight excluding hydrogens is 558 g/mol. The van der Waals surface area contributed by atoms with Crippen molar-refractivity contribution in [2.75, 3.05) is 17.1 Å². The summed E-state index contributed by atoms with van der Waals surface area (Å²) in [6, 6.07) is 21.4. The molecule has 1 aliphatic rings. The van der Waals surface area contributed by atoms with E-state index >= 15 is 0 Å². The van der Waals surface area contributed by atoms with Crippen LogP contribution < -0.4 is 9.62 Å². The third-order valence-corrected chi connectivity index (χ3v) is 8.93. The van der Waals surface area contributed by atoms with Gasteiger partial charge in [-0.25, -0.2) is 8.42 Å². The van der Waals surface area contributed by atoms with Crippen LogP contribution in [0.15, 0.2) is 72.8 Å². The molecule has 0 radical (unpaired) electrons. The molecule has 218 valence electrons. The second-order valence-corrected chi connectivity index (χ2v) is 13.2. The number of carbonyl (C=O) groups excluding carboxylic acids is 2. The summed E-state index contributed by atoms with van der Waals surface area (Å²) in [7, 11) is -3.82. The first-order chi connectivity index (χ1) is 19.5. The van der Waals surface area contributed by atoms with Gasteiger partial charge in [0.15, 0.2) is 0 Å². The van der Waals surface area contributed by atoms with Gasteiger partial charge in [0.2, 0.25) is 21.8 Å². The maximum Gasteiger partial charge on any atom is 0.244 e. The Morgan fingerprint density at radius 3 is 2.24 bits per heavy atom. The average Bonchev–Trinajstić information content (AvgIpc) is 3.44. The Morgan fingerprint density at radius 2 is 1.61 bits per heavy atom. The molecular formula is C32H38ClN3O4S. The van der Waals surface area contributed by atoms with Gasteiger partial charge < -0.3 is 10.2 Å². The highest BCUT2D eigenvalue weighted by Crippen LogP contribution is 2.26. The number of halogens is 1. The zero-order valence-electron chi connectivity index (χ0n) is 23.8. The lowest BCUT2D eigenvalue weighted by Gasteiger charge is -2.34. The Balaban J connectivity index is 1.74. The van der Waals surface area contributed by atoms with Crippen LogP contribution in [0.25, 0.3) is 0 Å². The molecule has 1 saturated carbocycles. The predicted molar refractivity (Wildman–Crippen MR) is 164 cm³/mol. The van der Waals surface area contributed by atoms with Gasteiger partial charge in [-0.15, -0.1) is 0 Å². The second-order valence-electron chi connectivity index (χ2n) is 10.9. The number of amides is 2. The lowest BCUT2D eigenvalue weighted by Crippen LogP contribution is -2.54. The van der Waals surface area contributed by atoms with Crippen molar-refractivity contribution in [1.82, 2.24) is 10.2 Å². The Bertz CT molecular complexity index is 1460. The van der Waals surface area contributed by atoms with Crippen molar-refractivity contribution in [2.45, 2.75) is 64.6 Å². The van der Waals surface area contributed by atoms with Crippen LogP contribution in [0.2, 0.25) is 5.02 Å². The molecule has 0 aliphatic heterocycles. The van der Waals surface area contributed by atoms with Crippen molar-refractivity contribution in [3.8, 4) is 0 Å². The highest BCUT2D eigenvalue weighted by atomic mass is 35.5. The van der Waals surface area contributed by atoms with E-state index in [4.69, 9.17) is 11.6 Å². The minimum Gasteiger partial charge on any atom is -0.352 e. The Kier molecular flexibility index (Phi) is 10.1. The highest BCUT2D eigenvalue weighted by molar-refractivity contribution is 7.92. The number of benzene rings is 3. The summed E-state index contributed by atoms with van der Waals surface area (Å²) in [5, 5.41) is 3.74. The Hall–Kier alpha value is -3.36. The summed E-state index contributed by atoms with van der Waals surface area (Å²) in [6.45, 7) is 3.38. The fourth-order valence-electron chi connectivity index (χ4n) is 5.29. The number of sulfonamides is 1. The van der Waals surface area contributed by atoms with Crippen LogP contribution in [0.3, 0.4) is 0 Å². The van der Waals surface area contributed by atoms with E-state index in [9.17, 15) is 18.0 Å². The normalized spacial score (nSPS) is 14.4. The molecule has 2 amide bonds. The van der Waals surface area contributed by atoms with Crippen LogP contribution in [0.5, 0.6) is 0 Å². The smallest absolute Gasteiger partial charge is 0.244 e. The van der Waals surface area contributed by atoms with Gasteiger partial charge in [0.1, 0.15) is 12.6 Å². The molecule has 0 heterocycles. The first-order valence-electron chi connectivity index (χ1n) is 13.9. The summed E-state index contributed by atoms with van der Waals surface area (Å²) in [4.78, 5) is 29.6. The van der Waals surface area contributed by atoms with Crippen molar-refractivity contribution in [3.63, 3.8) is 0 Å². The minimum absolute atomic E-state index is 0.0655. The van der Waals surface area contributed by atoms with E-state index in [0.717, 1.165) is 58.5 Å². The van der Waals surface area contributed by atoms with Gasteiger partial charge in [-0.05, 0) is 67.1 Å². The minimum atomic E-state index is -3.82. The summed E-state index contributed by atoms with van der Waals surface area (Å²) < 4.78 is 27.2. The average molecular weight is 596 g/mol. The molecule has 1 N–H and O–H groups in total.